The van der Waals surface area contributed by atoms with E-state index >= 15 is 0 Å². The zero-order valence-corrected chi connectivity index (χ0v) is 14.3. The second-order valence-electron chi connectivity index (χ2n) is 6.47. The number of nitrogens with zero attached hydrogens (tertiary/aromatic N) is 2. The zero-order chi connectivity index (χ0) is 18.7. The van der Waals surface area contributed by atoms with Gasteiger partial charge in [0.05, 0.1) is 0 Å². The molecule has 0 unspecified atom stereocenters. The lowest BCUT2D eigenvalue weighted by Crippen LogP contribution is -2.38. The molecule has 0 bridgehead atoms. The Balaban J connectivity index is 1.72. The molecule has 1 aliphatic heterocycles. The van der Waals surface area contributed by atoms with Crippen LogP contribution in [-0.2, 0) is 0 Å². The number of benzene rings is 1. The fraction of sp³-hybridized carbons (Fsp3) is 0.316. The van der Waals surface area contributed by atoms with Crippen molar-refractivity contribution in [3.05, 3.63) is 59.4 Å². The van der Waals surface area contributed by atoms with Crippen molar-refractivity contribution in [2.75, 3.05) is 18.4 Å². The lowest BCUT2D eigenvalue weighted by Gasteiger charge is -2.30. The number of halogens is 2. The summed E-state index contributed by atoms with van der Waals surface area (Å²) < 4.78 is 26.2. The fourth-order valence-electron chi connectivity index (χ4n) is 2.82. The minimum atomic E-state index is -1.06. The molecular weight excluding hydrogens is 340 g/mol. The van der Waals surface area contributed by atoms with Crippen molar-refractivity contribution >= 4 is 17.5 Å². The number of hydrogen-bond donors (Lipinski definition) is 1. The van der Waals surface area contributed by atoms with Crippen molar-refractivity contribution in [1.82, 2.24) is 9.88 Å². The number of nitrogens with one attached hydrogen (secondary N) is 1. The quantitative estimate of drug-likeness (QED) is 0.913. The van der Waals surface area contributed by atoms with Crippen molar-refractivity contribution in [3.63, 3.8) is 0 Å². The topological polar surface area (TPSA) is 62.3 Å². The summed E-state index contributed by atoms with van der Waals surface area (Å²) in [5.41, 5.74) is 0.334. The largest absolute Gasteiger partial charge is 0.337 e. The summed E-state index contributed by atoms with van der Waals surface area (Å²) in [5.74, 6) is -2.26. The van der Waals surface area contributed by atoms with Crippen LogP contribution < -0.4 is 5.32 Å². The highest BCUT2D eigenvalue weighted by atomic mass is 19.2. The third kappa shape index (κ3) is 4.04. The summed E-state index contributed by atoms with van der Waals surface area (Å²) in [7, 11) is 0. The number of rotatable bonds is 3. The van der Waals surface area contributed by atoms with Crippen LogP contribution in [-0.4, -0.2) is 34.8 Å². The molecule has 0 atom stereocenters. The molecule has 0 saturated carbocycles. The Morgan fingerprint density at radius 3 is 2.46 bits per heavy atom. The normalized spacial score (nSPS) is 15.0. The van der Waals surface area contributed by atoms with E-state index in [0.29, 0.717) is 19.0 Å². The van der Waals surface area contributed by atoms with E-state index in [9.17, 15) is 18.4 Å². The Morgan fingerprint density at radius 1 is 1.08 bits per heavy atom. The number of pyridine rings is 1. The Hall–Kier alpha value is -2.83. The summed E-state index contributed by atoms with van der Waals surface area (Å²) in [6.07, 6.45) is 1.89. The SMILES string of the molecule is CC1CCN(C(=O)c2cccc(C(=O)Nc3ccc(F)c(F)c3)n2)CC1. The van der Waals surface area contributed by atoms with Crippen LogP contribution in [0.2, 0.25) is 0 Å². The average Bonchev–Trinajstić information content (AvgIpc) is 2.65. The van der Waals surface area contributed by atoms with Gasteiger partial charge in [-0.3, -0.25) is 9.59 Å². The highest BCUT2D eigenvalue weighted by molar-refractivity contribution is 6.03. The van der Waals surface area contributed by atoms with Gasteiger partial charge in [0.15, 0.2) is 11.6 Å². The van der Waals surface area contributed by atoms with Crippen molar-refractivity contribution in [1.29, 1.82) is 0 Å². The van der Waals surface area contributed by atoms with Gasteiger partial charge in [-0.25, -0.2) is 13.8 Å². The first kappa shape index (κ1) is 18.0. The zero-order valence-electron chi connectivity index (χ0n) is 14.3. The smallest absolute Gasteiger partial charge is 0.274 e. The van der Waals surface area contributed by atoms with Crippen molar-refractivity contribution < 1.29 is 18.4 Å². The van der Waals surface area contributed by atoms with E-state index in [4.69, 9.17) is 0 Å². The van der Waals surface area contributed by atoms with Crippen molar-refractivity contribution in [3.8, 4) is 0 Å². The first-order chi connectivity index (χ1) is 12.4. The van der Waals surface area contributed by atoms with E-state index in [-0.39, 0.29) is 23.0 Å². The molecule has 26 heavy (non-hydrogen) atoms. The number of carbonyl (C=O) groups is 2. The van der Waals surface area contributed by atoms with Gasteiger partial charge in [-0.05, 0) is 43.0 Å². The predicted molar refractivity (Wildman–Crippen MR) is 92.8 cm³/mol. The second-order valence-corrected chi connectivity index (χ2v) is 6.47. The number of likely N-dealkylation sites (tertiary alicyclic amines) is 1. The molecule has 1 saturated heterocycles. The summed E-state index contributed by atoms with van der Waals surface area (Å²) in [4.78, 5) is 30.7. The third-order valence-corrected chi connectivity index (χ3v) is 4.45. The highest BCUT2D eigenvalue weighted by Crippen LogP contribution is 2.18. The fourth-order valence-corrected chi connectivity index (χ4v) is 2.82. The molecule has 1 aromatic heterocycles. The van der Waals surface area contributed by atoms with Crippen LogP contribution in [0.15, 0.2) is 36.4 Å². The molecule has 5 nitrogen and oxygen atoms in total. The van der Waals surface area contributed by atoms with E-state index in [2.05, 4.69) is 17.2 Å². The monoisotopic (exact) mass is 359 g/mol. The molecule has 2 aromatic rings. The van der Waals surface area contributed by atoms with Gasteiger partial charge in [0.25, 0.3) is 11.8 Å². The number of amides is 2. The molecule has 1 fully saturated rings. The molecule has 2 amide bonds. The molecule has 136 valence electrons. The number of anilines is 1. The van der Waals surface area contributed by atoms with E-state index in [1.807, 2.05) is 0 Å². The molecule has 1 aliphatic rings. The summed E-state index contributed by atoms with van der Waals surface area (Å²) >= 11 is 0. The van der Waals surface area contributed by atoms with E-state index < -0.39 is 17.5 Å². The first-order valence-electron chi connectivity index (χ1n) is 8.47. The van der Waals surface area contributed by atoms with Crippen LogP contribution in [0.1, 0.15) is 40.7 Å². The average molecular weight is 359 g/mol. The van der Waals surface area contributed by atoms with Crippen LogP contribution in [0.25, 0.3) is 0 Å². The van der Waals surface area contributed by atoms with Crippen LogP contribution in [0.3, 0.4) is 0 Å². The lowest BCUT2D eigenvalue weighted by atomic mass is 9.99. The van der Waals surface area contributed by atoms with E-state index in [0.717, 1.165) is 25.0 Å². The maximum atomic E-state index is 13.2. The van der Waals surface area contributed by atoms with Gasteiger partial charge in [-0.15, -0.1) is 0 Å². The molecule has 2 heterocycles. The van der Waals surface area contributed by atoms with Crippen LogP contribution in [0, 0.1) is 17.6 Å². The highest BCUT2D eigenvalue weighted by Gasteiger charge is 2.23. The van der Waals surface area contributed by atoms with Gasteiger partial charge in [0.1, 0.15) is 11.4 Å². The Kier molecular flexibility index (Phi) is 5.25. The molecule has 0 radical (unpaired) electrons. The maximum absolute atomic E-state index is 13.2. The van der Waals surface area contributed by atoms with Crippen molar-refractivity contribution in [2.45, 2.75) is 19.8 Å². The summed E-state index contributed by atoms with van der Waals surface area (Å²) in [6.45, 7) is 3.50. The minimum absolute atomic E-state index is 0.0333. The van der Waals surface area contributed by atoms with Gasteiger partial charge in [0, 0.05) is 24.8 Å². The van der Waals surface area contributed by atoms with E-state index in [1.165, 1.54) is 12.1 Å². The van der Waals surface area contributed by atoms with Gasteiger partial charge >= 0.3 is 0 Å². The van der Waals surface area contributed by atoms with Gasteiger partial charge < -0.3 is 10.2 Å². The number of piperidine rings is 1. The number of hydrogen-bond acceptors (Lipinski definition) is 3. The van der Waals surface area contributed by atoms with Crippen molar-refractivity contribution in [2.24, 2.45) is 5.92 Å². The standard InChI is InChI=1S/C19H19F2N3O2/c1-12-7-9-24(10-8-12)19(26)17-4-2-3-16(23-17)18(25)22-13-5-6-14(20)15(21)11-13/h2-6,11-12H,7-10H2,1H3,(H,22,25). The Morgan fingerprint density at radius 2 is 1.77 bits per heavy atom. The predicted octanol–water partition coefficient (Wildman–Crippen LogP) is 3.48. The maximum Gasteiger partial charge on any atom is 0.274 e. The molecule has 1 aromatic carbocycles. The molecule has 0 spiro atoms. The number of carbonyl (C=O) groups excluding carboxylic acids is 2. The molecule has 3 rings (SSSR count). The molecule has 7 heteroatoms. The lowest BCUT2D eigenvalue weighted by molar-refractivity contribution is 0.0691. The van der Waals surface area contributed by atoms with Gasteiger partial charge in [-0.2, -0.15) is 0 Å². The van der Waals surface area contributed by atoms with E-state index in [1.54, 1.807) is 17.0 Å². The summed E-state index contributed by atoms with van der Waals surface area (Å²) in [5, 5.41) is 2.44. The van der Waals surface area contributed by atoms with Crippen LogP contribution in [0.4, 0.5) is 14.5 Å². The number of aromatic nitrogens is 1. The van der Waals surface area contributed by atoms with Crippen LogP contribution >= 0.6 is 0 Å². The van der Waals surface area contributed by atoms with Crippen LogP contribution in [0.5, 0.6) is 0 Å². The first-order valence-corrected chi connectivity index (χ1v) is 8.47. The molecule has 0 aliphatic carbocycles. The molecule has 1 N–H and O–H groups in total. The Bertz CT molecular complexity index is 833. The minimum Gasteiger partial charge on any atom is -0.337 e. The molecular formula is C19H19F2N3O2. The van der Waals surface area contributed by atoms with Gasteiger partial charge in [-0.1, -0.05) is 13.0 Å². The van der Waals surface area contributed by atoms with Gasteiger partial charge in [0.2, 0.25) is 0 Å². The Labute approximate surface area is 150 Å². The second kappa shape index (κ2) is 7.59. The third-order valence-electron chi connectivity index (χ3n) is 4.45. The summed E-state index contributed by atoms with van der Waals surface area (Å²) in [6, 6.07) is 7.67.